The van der Waals surface area contributed by atoms with Crippen LogP contribution in [0.15, 0.2) is 12.1 Å². The number of hydrogen-bond donors (Lipinski definition) is 1. The van der Waals surface area contributed by atoms with Gasteiger partial charge in [-0.25, -0.2) is 14.2 Å². The van der Waals surface area contributed by atoms with Gasteiger partial charge in [-0.15, -0.1) is 11.3 Å². The molecule has 1 aromatic heterocycles. The molecule has 0 aliphatic carbocycles. The Morgan fingerprint density at radius 2 is 2.29 bits per heavy atom. The Labute approximate surface area is 82.8 Å². The van der Waals surface area contributed by atoms with E-state index in [4.69, 9.17) is 5.11 Å². The van der Waals surface area contributed by atoms with E-state index in [0.29, 0.717) is 4.70 Å². The molecule has 0 aliphatic rings. The molecule has 1 N–H and O–H groups in total. The third-order valence-electron chi connectivity index (χ3n) is 1.80. The number of nitrogens with zero attached hydrogens (tertiary/aromatic N) is 1. The van der Waals surface area contributed by atoms with Crippen molar-refractivity contribution in [3.8, 4) is 0 Å². The number of carboxylic acids is 1. The summed E-state index contributed by atoms with van der Waals surface area (Å²) in [5.74, 6) is -1.71. The number of rotatable bonds is 1. The van der Waals surface area contributed by atoms with Gasteiger partial charge in [0.1, 0.15) is 5.52 Å². The maximum absolute atomic E-state index is 13.3. The quantitative estimate of drug-likeness (QED) is 0.788. The number of carbonyl (C=O) groups is 1. The number of halogens is 1. The number of aryl methyl sites for hydroxylation is 1. The predicted octanol–water partition coefficient (Wildman–Crippen LogP) is 2.44. The van der Waals surface area contributed by atoms with E-state index in [9.17, 15) is 9.18 Å². The van der Waals surface area contributed by atoms with Crippen LogP contribution in [0.25, 0.3) is 10.2 Å². The molecule has 72 valence electrons. The number of hydrogen-bond acceptors (Lipinski definition) is 3. The van der Waals surface area contributed by atoms with E-state index in [1.165, 1.54) is 17.4 Å². The zero-order valence-corrected chi connectivity index (χ0v) is 8.06. The molecule has 0 spiro atoms. The standard InChI is InChI=1S/C9H6FNO2S/c1-4-11-8-6(10)2-5(9(12)13)3-7(8)14-4/h2-3H,1H3,(H,12,13). The lowest BCUT2D eigenvalue weighted by Crippen LogP contribution is -1.96. The lowest BCUT2D eigenvalue weighted by Gasteiger charge is -1.94. The Hall–Kier alpha value is -1.49. The van der Waals surface area contributed by atoms with Crippen molar-refractivity contribution in [1.29, 1.82) is 0 Å². The van der Waals surface area contributed by atoms with Crippen LogP contribution in [-0.4, -0.2) is 16.1 Å². The summed E-state index contributed by atoms with van der Waals surface area (Å²) in [7, 11) is 0. The second kappa shape index (κ2) is 3.02. The van der Waals surface area contributed by atoms with Crippen molar-refractivity contribution in [1.82, 2.24) is 4.98 Å². The number of fused-ring (bicyclic) bond motifs is 1. The van der Waals surface area contributed by atoms with Crippen molar-refractivity contribution in [2.75, 3.05) is 0 Å². The summed E-state index contributed by atoms with van der Waals surface area (Å²) < 4.78 is 13.9. The molecule has 2 rings (SSSR count). The minimum Gasteiger partial charge on any atom is -0.478 e. The van der Waals surface area contributed by atoms with Crippen LogP contribution in [0.3, 0.4) is 0 Å². The first kappa shape index (κ1) is 9.08. The Balaban J connectivity index is 2.77. The molecule has 0 atom stereocenters. The monoisotopic (exact) mass is 211 g/mol. The maximum Gasteiger partial charge on any atom is 0.335 e. The van der Waals surface area contributed by atoms with E-state index >= 15 is 0 Å². The van der Waals surface area contributed by atoms with Gasteiger partial charge in [-0.1, -0.05) is 0 Å². The lowest BCUT2D eigenvalue weighted by atomic mass is 10.2. The van der Waals surface area contributed by atoms with Crippen molar-refractivity contribution in [3.05, 3.63) is 28.5 Å². The SMILES string of the molecule is Cc1nc2c(F)cc(C(=O)O)cc2s1. The average Bonchev–Trinajstić information content (AvgIpc) is 2.45. The van der Waals surface area contributed by atoms with Gasteiger partial charge in [-0.3, -0.25) is 0 Å². The van der Waals surface area contributed by atoms with Crippen molar-refractivity contribution in [2.45, 2.75) is 6.92 Å². The van der Waals surface area contributed by atoms with Crippen LogP contribution >= 0.6 is 11.3 Å². The summed E-state index contributed by atoms with van der Waals surface area (Å²) in [4.78, 5) is 14.6. The fourth-order valence-electron chi connectivity index (χ4n) is 1.22. The van der Waals surface area contributed by atoms with Crippen molar-refractivity contribution in [3.63, 3.8) is 0 Å². The van der Waals surface area contributed by atoms with Gasteiger partial charge in [0.2, 0.25) is 0 Å². The van der Waals surface area contributed by atoms with Crippen LogP contribution in [0.4, 0.5) is 4.39 Å². The molecule has 0 aliphatic heterocycles. The van der Waals surface area contributed by atoms with Gasteiger partial charge in [0, 0.05) is 0 Å². The van der Waals surface area contributed by atoms with Crippen LogP contribution in [0.1, 0.15) is 15.4 Å². The summed E-state index contributed by atoms with van der Waals surface area (Å²) in [6.07, 6.45) is 0. The van der Waals surface area contributed by atoms with Gasteiger partial charge in [-0.2, -0.15) is 0 Å². The molecular weight excluding hydrogens is 205 g/mol. The summed E-state index contributed by atoms with van der Waals surface area (Å²) in [6.45, 7) is 1.75. The first-order valence-corrected chi connectivity index (χ1v) is 4.69. The number of benzene rings is 1. The molecule has 1 heterocycles. The molecular formula is C9H6FNO2S. The van der Waals surface area contributed by atoms with Gasteiger partial charge in [0.15, 0.2) is 5.82 Å². The largest absolute Gasteiger partial charge is 0.478 e. The van der Waals surface area contributed by atoms with Crippen LogP contribution in [0.5, 0.6) is 0 Å². The summed E-state index contributed by atoms with van der Waals surface area (Å²) in [5.41, 5.74) is 0.205. The van der Waals surface area contributed by atoms with Gasteiger partial charge < -0.3 is 5.11 Å². The Kier molecular flexibility index (Phi) is 1.96. The smallest absolute Gasteiger partial charge is 0.335 e. The Morgan fingerprint density at radius 1 is 1.57 bits per heavy atom. The molecule has 0 saturated carbocycles. The third kappa shape index (κ3) is 1.35. The number of aromatic carboxylic acids is 1. The molecule has 3 nitrogen and oxygen atoms in total. The minimum atomic E-state index is -1.13. The molecule has 0 unspecified atom stereocenters. The fraction of sp³-hybridized carbons (Fsp3) is 0.111. The number of carboxylic acid groups (broad SMARTS) is 1. The molecule has 0 bridgehead atoms. The zero-order chi connectivity index (χ0) is 10.3. The van der Waals surface area contributed by atoms with Crippen LogP contribution in [0.2, 0.25) is 0 Å². The minimum absolute atomic E-state index is 0.0429. The second-order valence-corrected chi connectivity index (χ2v) is 4.08. The van der Waals surface area contributed by atoms with Crippen molar-refractivity contribution in [2.24, 2.45) is 0 Å². The first-order valence-electron chi connectivity index (χ1n) is 3.88. The molecule has 14 heavy (non-hydrogen) atoms. The van der Waals surface area contributed by atoms with Crippen LogP contribution < -0.4 is 0 Å². The normalized spacial score (nSPS) is 10.7. The highest BCUT2D eigenvalue weighted by atomic mass is 32.1. The highest BCUT2D eigenvalue weighted by Gasteiger charge is 2.11. The molecule has 0 amide bonds. The predicted molar refractivity (Wildman–Crippen MR) is 51.3 cm³/mol. The fourth-order valence-corrected chi connectivity index (χ4v) is 2.10. The van der Waals surface area contributed by atoms with Gasteiger partial charge in [0.25, 0.3) is 0 Å². The molecule has 0 fully saturated rings. The lowest BCUT2D eigenvalue weighted by molar-refractivity contribution is 0.0696. The summed E-state index contributed by atoms with van der Waals surface area (Å²) in [6, 6.07) is 2.43. The second-order valence-electron chi connectivity index (χ2n) is 2.84. The molecule has 2 aromatic rings. The molecule has 0 saturated heterocycles. The van der Waals surface area contributed by atoms with E-state index in [2.05, 4.69) is 4.98 Å². The van der Waals surface area contributed by atoms with E-state index in [-0.39, 0.29) is 11.1 Å². The number of thiazole rings is 1. The Bertz CT molecular complexity index is 521. The number of aromatic nitrogens is 1. The average molecular weight is 211 g/mol. The topological polar surface area (TPSA) is 50.2 Å². The van der Waals surface area contributed by atoms with Crippen molar-refractivity contribution < 1.29 is 14.3 Å². The van der Waals surface area contributed by atoms with Gasteiger partial charge in [0.05, 0.1) is 15.3 Å². The highest BCUT2D eigenvalue weighted by Crippen LogP contribution is 2.25. The van der Waals surface area contributed by atoms with Gasteiger partial charge >= 0.3 is 5.97 Å². The van der Waals surface area contributed by atoms with E-state index < -0.39 is 11.8 Å². The third-order valence-corrected chi connectivity index (χ3v) is 2.72. The highest BCUT2D eigenvalue weighted by molar-refractivity contribution is 7.18. The first-order chi connectivity index (χ1) is 6.58. The Morgan fingerprint density at radius 3 is 2.93 bits per heavy atom. The van der Waals surface area contributed by atoms with Crippen LogP contribution in [-0.2, 0) is 0 Å². The molecule has 5 heteroatoms. The van der Waals surface area contributed by atoms with Crippen LogP contribution in [0, 0.1) is 12.7 Å². The van der Waals surface area contributed by atoms with Crippen molar-refractivity contribution >= 4 is 27.5 Å². The van der Waals surface area contributed by atoms with Gasteiger partial charge in [-0.05, 0) is 19.1 Å². The zero-order valence-electron chi connectivity index (χ0n) is 7.24. The summed E-state index contributed by atoms with van der Waals surface area (Å²) in [5, 5.41) is 9.42. The van der Waals surface area contributed by atoms with E-state index in [1.54, 1.807) is 6.92 Å². The molecule has 1 aromatic carbocycles. The molecule has 0 radical (unpaired) electrons. The summed E-state index contributed by atoms with van der Waals surface area (Å²) >= 11 is 1.28. The maximum atomic E-state index is 13.3. The van der Waals surface area contributed by atoms with E-state index in [0.717, 1.165) is 11.1 Å². The van der Waals surface area contributed by atoms with E-state index in [1.807, 2.05) is 0 Å².